The summed E-state index contributed by atoms with van der Waals surface area (Å²) >= 11 is 0. The van der Waals surface area contributed by atoms with Crippen molar-refractivity contribution in [1.29, 1.82) is 0 Å². The molecule has 2 heterocycles. The predicted molar refractivity (Wildman–Crippen MR) is 73.4 cm³/mol. The van der Waals surface area contributed by atoms with Crippen LogP contribution < -0.4 is 0 Å². The Morgan fingerprint density at radius 1 is 1.32 bits per heavy atom. The van der Waals surface area contributed by atoms with E-state index in [9.17, 15) is 0 Å². The first-order chi connectivity index (χ1) is 9.33. The molecule has 0 fully saturated rings. The average Bonchev–Trinajstić information content (AvgIpc) is 3.07. The van der Waals surface area contributed by atoms with Crippen LogP contribution in [0.25, 0.3) is 0 Å². The van der Waals surface area contributed by atoms with E-state index in [0.717, 1.165) is 37.8 Å². The molecule has 0 aliphatic rings. The minimum atomic E-state index is 0.814. The van der Waals surface area contributed by atoms with Gasteiger partial charge in [-0.3, -0.25) is 4.90 Å². The molecule has 0 N–H and O–H groups in total. The third-order valence-electron chi connectivity index (χ3n) is 3.15. The monoisotopic (exact) mass is 262 g/mol. The molecule has 0 radical (unpaired) electrons. The van der Waals surface area contributed by atoms with Crippen LogP contribution in [0, 0.1) is 0 Å². The second kappa shape index (κ2) is 7.09. The molecule has 5 nitrogen and oxygen atoms in total. The van der Waals surface area contributed by atoms with Crippen molar-refractivity contribution in [2.75, 3.05) is 6.54 Å². The van der Waals surface area contributed by atoms with Gasteiger partial charge in [0.15, 0.2) is 0 Å². The fraction of sp³-hybridized carbons (Fsp3) is 0.571. The van der Waals surface area contributed by atoms with Crippen molar-refractivity contribution in [2.45, 2.75) is 46.3 Å². The maximum absolute atomic E-state index is 5.44. The SMILES string of the molecule is CCCCN(Cc1ccco1)Cc1ncnn1CC. The topological polar surface area (TPSA) is 47.1 Å². The molecule has 0 amide bonds. The van der Waals surface area contributed by atoms with Gasteiger partial charge < -0.3 is 4.42 Å². The molecule has 19 heavy (non-hydrogen) atoms. The Morgan fingerprint density at radius 2 is 2.21 bits per heavy atom. The predicted octanol–water partition coefficient (Wildman–Crippen LogP) is 2.69. The minimum absolute atomic E-state index is 0.814. The Bertz CT molecular complexity index is 464. The van der Waals surface area contributed by atoms with E-state index in [1.807, 2.05) is 16.8 Å². The highest BCUT2D eigenvalue weighted by Crippen LogP contribution is 2.10. The van der Waals surface area contributed by atoms with Gasteiger partial charge in [-0.1, -0.05) is 13.3 Å². The third kappa shape index (κ3) is 3.92. The van der Waals surface area contributed by atoms with E-state index in [4.69, 9.17) is 4.42 Å². The Hall–Kier alpha value is -1.62. The van der Waals surface area contributed by atoms with Crippen LogP contribution in [-0.4, -0.2) is 26.2 Å². The molecule has 0 atom stereocenters. The summed E-state index contributed by atoms with van der Waals surface area (Å²) in [4.78, 5) is 6.70. The number of rotatable bonds is 8. The molecule has 0 unspecified atom stereocenters. The van der Waals surface area contributed by atoms with Crippen LogP contribution in [0.4, 0.5) is 0 Å². The average molecular weight is 262 g/mol. The molecule has 2 aromatic heterocycles. The summed E-state index contributed by atoms with van der Waals surface area (Å²) in [6.07, 6.45) is 5.72. The van der Waals surface area contributed by atoms with Crippen molar-refractivity contribution >= 4 is 0 Å². The van der Waals surface area contributed by atoms with E-state index in [2.05, 4.69) is 28.8 Å². The van der Waals surface area contributed by atoms with E-state index in [1.165, 1.54) is 12.8 Å². The van der Waals surface area contributed by atoms with Gasteiger partial charge >= 0.3 is 0 Å². The van der Waals surface area contributed by atoms with Crippen LogP contribution in [0.1, 0.15) is 38.3 Å². The van der Waals surface area contributed by atoms with Crippen molar-refractivity contribution in [2.24, 2.45) is 0 Å². The summed E-state index contributed by atoms with van der Waals surface area (Å²) < 4.78 is 7.38. The summed E-state index contributed by atoms with van der Waals surface area (Å²) in [7, 11) is 0. The van der Waals surface area contributed by atoms with Crippen LogP contribution in [0.15, 0.2) is 29.1 Å². The molecule has 0 spiro atoms. The minimum Gasteiger partial charge on any atom is -0.468 e. The van der Waals surface area contributed by atoms with Gasteiger partial charge in [0.25, 0.3) is 0 Å². The van der Waals surface area contributed by atoms with Crippen molar-refractivity contribution in [3.63, 3.8) is 0 Å². The molecule has 104 valence electrons. The molecular weight excluding hydrogens is 240 g/mol. The summed E-state index contributed by atoms with van der Waals surface area (Å²) in [5.74, 6) is 2.02. The summed E-state index contributed by atoms with van der Waals surface area (Å²) in [6.45, 7) is 7.84. The number of nitrogens with zero attached hydrogens (tertiary/aromatic N) is 4. The zero-order valence-electron chi connectivity index (χ0n) is 11.7. The fourth-order valence-electron chi connectivity index (χ4n) is 2.09. The van der Waals surface area contributed by atoms with Gasteiger partial charge in [-0.25, -0.2) is 9.67 Å². The van der Waals surface area contributed by atoms with Crippen LogP contribution in [0.3, 0.4) is 0 Å². The second-order valence-electron chi connectivity index (χ2n) is 4.64. The van der Waals surface area contributed by atoms with Gasteiger partial charge in [0.05, 0.1) is 19.4 Å². The lowest BCUT2D eigenvalue weighted by molar-refractivity contribution is 0.222. The highest BCUT2D eigenvalue weighted by molar-refractivity contribution is 4.98. The number of hydrogen-bond acceptors (Lipinski definition) is 4. The summed E-state index contributed by atoms with van der Waals surface area (Å²) in [6, 6.07) is 3.95. The zero-order chi connectivity index (χ0) is 13.5. The Morgan fingerprint density at radius 3 is 2.89 bits per heavy atom. The van der Waals surface area contributed by atoms with Crippen LogP contribution in [0.5, 0.6) is 0 Å². The lowest BCUT2D eigenvalue weighted by Gasteiger charge is -2.20. The molecule has 5 heteroatoms. The van der Waals surface area contributed by atoms with Gasteiger partial charge in [0.1, 0.15) is 17.9 Å². The van der Waals surface area contributed by atoms with Gasteiger partial charge in [-0.05, 0) is 32.0 Å². The number of aryl methyl sites for hydroxylation is 1. The smallest absolute Gasteiger partial charge is 0.141 e. The molecule has 0 saturated carbocycles. The van der Waals surface area contributed by atoms with Gasteiger partial charge in [-0.15, -0.1) is 0 Å². The molecule has 0 saturated heterocycles. The first-order valence-corrected chi connectivity index (χ1v) is 6.95. The molecule has 2 aromatic rings. The van der Waals surface area contributed by atoms with Crippen LogP contribution in [-0.2, 0) is 19.6 Å². The molecule has 0 aliphatic heterocycles. The van der Waals surface area contributed by atoms with Gasteiger partial charge in [0, 0.05) is 6.54 Å². The van der Waals surface area contributed by atoms with Crippen molar-refractivity contribution in [3.05, 3.63) is 36.3 Å². The number of aromatic nitrogens is 3. The largest absolute Gasteiger partial charge is 0.468 e. The molecule has 0 aromatic carbocycles. The zero-order valence-corrected chi connectivity index (χ0v) is 11.7. The fourth-order valence-corrected chi connectivity index (χ4v) is 2.09. The number of furan rings is 1. The lowest BCUT2D eigenvalue weighted by Crippen LogP contribution is -2.25. The Balaban J connectivity index is 2.00. The first kappa shape index (κ1) is 13.8. The van der Waals surface area contributed by atoms with Crippen molar-refractivity contribution in [1.82, 2.24) is 19.7 Å². The first-order valence-electron chi connectivity index (χ1n) is 6.95. The quantitative estimate of drug-likeness (QED) is 0.734. The maximum Gasteiger partial charge on any atom is 0.141 e. The number of unbranched alkanes of at least 4 members (excludes halogenated alkanes) is 1. The summed E-state index contributed by atoms with van der Waals surface area (Å²) in [5, 5.41) is 4.22. The highest BCUT2D eigenvalue weighted by atomic mass is 16.3. The van der Waals surface area contributed by atoms with Gasteiger partial charge in [-0.2, -0.15) is 5.10 Å². The summed E-state index contributed by atoms with van der Waals surface area (Å²) in [5.41, 5.74) is 0. The van der Waals surface area contributed by atoms with E-state index in [0.29, 0.717) is 0 Å². The maximum atomic E-state index is 5.44. The molecule has 0 aliphatic carbocycles. The van der Waals surface area contributed by atoms with Gasteiger partial charge in [0.2, 0.25) is 0 Å². The van der Waals surface area contributed by atoms with Crippen LogP contribution >= 0.6 is 0 Å². The van der Waals surface area contributed by atoms with E-state index < -0.39 is 0 Å². The van der Waals surface area contributed by atoms with Crippen molar-refractivity contribution < 1.29 is 4.42 Å². The Labute approximate surface area is 114 Å². The van der Waals surface area contributed by atoms with E-state index >= 15 is 0 Å². The third-order valence-corrected chi connectivity index (χ3v) is 3.15. The van der Waals surface area contributed by atoms with Crippen molar-refractivity contribution in [3.8, 4) is 0 Å². The van der Waals surface area contributed by atoms with E-state index in [-0.39, 0.29) is 0 Å². The normalized spacial score (nSPS) is 11.3. The highest BCUT2D eigenvalue weighted by Gasteiger charge is 2.12. The Kier molecular flexibility index (Phi) is 5.15. The molecule has 2 rings (SSSR count). The van der Waals surface area contributed by atoms with Crippen LogP contribution in [0.2, 0.25) is 0 Å². The molecule has 0 bridgehead atoms. The van der Waals surface area contributed by atoms with E-state index in [1.54, 1.807) is 12.6 Å². The lowest BCUT2D eigenvalue weighted by atomic mass is 10.3. The molecular formula is C14H22N4O. The standard InChI is InChI=1S/C14H22N4O/c1-3-5-8-17(10-13-7-6-9-19-13)11-14-15-12-16-18(14)4-2/h6-7,9,12H,3-5,8,10-11H2,1-2H3. The second-order valence-corrected chi connectivity index (χ2v) is 4.64. The number of hydrogen-bond donors (Lipinski definition) is 0.